The second kappa shape index (κ2) is 3.69. The number of hydrogen-bond donors (Lipinski definition) is 1. The zero-order chi connectivity index (χ0) is 10.2. The first kappa shape index (κ1) is 10.2. The molecule has 14 heavy (non-hydrogen) atoms. The summed E-state index contributed by atoms with van der Waals surface area (Å²) in [6.45, 7) is 5.00. The molecule has 1 saturated carbocycles. The van der Waals surface area contributed by atoms with Crippen LogP contribution >= 0.6 is 0 Å². The van der Waals surface area contributed by atoms with Gasteiger partial charge in [0.15, 0.2) is 0 Å². The molecule has 1 atom stereocenters. The largest absolute Gasteiger partial charge is 0.396 e. The minimum absolute atomic E-state index is 0.377. The van der Waals surface area contributed by atoms with Gasteiger partial charge in [0.05, 0.1) is 0 Å². The van der Waals surface area contributed by atoms with Gasteiger partial charge in [-0.3, -0.25) is 0 Å². The first-order valence-electron chi connectivity index (χ1n) is 5.97. The number of hydrogen-bond acceptors (Lipinski definition) is 1. The Kier molecular flexibility index (Phi) is 2.70. The summed E-state index contributed by atoms with van der Waals surface area (Å²) in [7, 11) is 0. The van der Waals surface area contributed by atoms with E-state index < -0.39 is 0 Å². The van der Waals surface area contributed by atoms with E-state index in [0.29, 0.717) is 17.9 Å². The Labute approximate surface area is 87.2 Å². The molecule has 2 aliphatic rings. The molecule has 0 amide bonds. The standard InChI is InChI=1S/C13H22O/c1-10-5-7-13(8-6-10)11(2)3-4-12(13)9-14/h3,10,12,14H,4-9H2,1-2H3. The quantitative estimate of drug-likeness (QED) is 0.636. The summed E-state index contributed by atoms with van der Waals surface area (Å²) in [6, 6.07) is 0. The molecule has 0 saturated heterocycles. The monoisotopic (exact) mass is 194 g/mol. The van der Waals surface area contributed by atoms with Crippen molar-refractivity contribution in [3.63, 3.8) is 0 Å². The van der Waals surface area contributed by atoms with Gasteiger partial charge in [-0.2, -0.15) is 0 Å². The van der Waals surface area contributed by atoms with Gasteiger partial charge in [0.2, 0.25) is 0 Å². The normalized spacial score (nSPS) is 42.9. The summed E-state index contributed by atoms with van der Waals surface area (Å²) in [5.41, 5.74) is 1.95. The van der Waals surface area contributed by atoms with E-state index in [2.05, 4.69) is 19.9 Å². The van der Waals surface area contributed by atoms with Crippen LogP contribution in [0.2, 0.25) is 0 Å². The zero-order valence-corrected chi connectivity index (χ0v) is 9.42. The van der Waals surface area contributed by atoms with Crippen molar-refractivity contribution in [3.05, 3.63) is 11.6 Å². The Hall–Kier alpha value is -0.300. The topological polar surface area (TPSA) is 20.2 Å². The van der Waals surface area contributed by atoms with E-state index in [9.17, 15) is 5.11 Å². The SMILES string of the molecule is CC1=CCC(CO)C12CCC(C)CC2. The highest BCUT2D eigenvalue weighted by atomic mass is 16.3. The van der Waals surface area contributed by atoms with Crippen LogP contribution in [0.3, 0.4) is 0 Å². The van der Waals surface area contributed by atoms with Gasteiger partial charge in [0, 0.05) is 6.61 Å². The number of rotatable bonds is 1. The van der Waals surface area contributed by atoms with E-state index in [0.717, 1.165) is 12.3 Å². The molecule has 1 N–H and O–H groups in total. The van der Waals surface area contributed by atoms with Crippen LogP contribution in [0.1, 0.15) is 46.0 Å². The molecule has 0 aromatic heterocycles. The van der Waals surface area contributed by atoms with E-state index in [1.54, 1.807) is 5.57 Å². The minimum Gasteiger partial charge on any atom is -0.396 e. The lowest BCUT2D eigenvalue weighted by Crippen LogP contribution is -2.34. The Morgan fingerprint density at radius 3 is 2.64 bits per heavy atom. The fourth-order valence-corrected chi connectivity index (χ4v) is 3.40. The number of aliphatic hydroxyl groups excluding tert-OH is 1. The van der Waals surface area contributed by atoms with Gasteiger partial charge in [0.25, 0.3) is 0 Å². The highest BCUT2D eigenvalue weighted by Gasteiger charge is 2.44. The van der Waals surface area contributed by atoms with Crippen LogP contribution in [0.25, 0.3) is 0 Å². The third-order valence-corrected chi connectivity index (χ3v) is 4.66. The van der Waals surface area contributed by atoms with Crippen LogP contribution in [-0.4, -0.2) is 11.7 Å². The summed E-state index contributed by atoms with van der Waals surface area (Å²) >= 11 is 0. The molecule has 2 rings (SSSR count). The first-order valence-corrected chi connectivity index (χ1v) is 5.97. The summed E-state index contributed by atoms with van der Waals surface area (Å²) in [4.78, 5) is 0. The average molecular weight is 194 g/mol. The van der Waals surface area contributed by atoms with E-state index in [1.165, 1.54) is 25.7 Å². The van der Waals surface area contributed by atoms with Gasteiger partial charge in [0.1, 0.15) is 0 Å². The van der Waals surface area contributed by atoms with Gasteiger partial charge in [-0.05, 0) is 56.3 Å². The van der Waals surface area contributed by atoms with Crippen LogP contribution in [0.5, 0.6) is 0 Å². The lowest BCUT2D eigenvalue weighted by molar-refractivity contribution is 0.0816. The van der Waals surface area contributed by atoms with Crippen molar-refractivity contribution in [1.29, 1.82) is 0 Å². The Balaban J connectivity index is 2.16. The highest BCUT2D eigenvalue weighted by Crippen LogP contribution is 2.53. The summed E-state index contributed by atoms with van der Waals surface area (Å²) in [5.74, 6) is 1.42. The molecule has 1 heteroatoms. The van der Waals surface area contributed by atoms with Gasteiger partial charge in [-0.1, -0.05) is 18.6 Å². The maximum Gasteiger partial charge on any atom is 0.0470 e. The predicted molar refractivity (Wildman–Crippen MR) is 59.0 cm³/mol. The van der Waals surface area contributed by atoms with Gasteiger partial charge < -0.3 is 5.11 Å². The van der Waals surface area contributed by atoms with Crippen molar-refractivity contribution in [3.8, 4) is 0 Å². The summed E-state index contributed by atoms with van der Waals surface area (Å²) < 4.78 is 0. The second-order valence-corrected chi connectivity index (χ2v) is 5.34. The lowest BCUT2D eigenvalue weighted by atomic mass is 9.63. The smallest absolute Gasteiger partial charge is 0.0470 e. The second-order valence-electron chi connectivity index (χ2n) is 5.34. The fraction of sp³-hybridized carbons (Fsp3) is 0.846. The molecule has 1 fully saturated rings. The molecule has 2 aliphatic carbocycles. The van der Waals surface area contributed by atoms with Crippen LogP contribution in [0, 0.1) is 17.3 Å². The molecule has 80 valence electrons. The van der Waals surface area contributed by atoms with Crippen molar-refractivity contribution in [2.45, 2.75) is 46.0 Å². The molecule has 1 spiro atoms. The molecule has 0 aromatic rings. The van der Waals surface area contributed by atoms with Crippen LogP contribution in [-0.2, 0) is 0 Å². The summed E-state index contributed by atoms with van der Waals surface area (Å²) in [6.07, 6.45) is 8.78. The molecule has 0 radical (unpaired) electrons. The van der Waals surface area contributed by atoms with Crippen LogP contribution < -0.4 is 0 Å². The lowest BCUT2D eigenvalue weighted by Gasteiger charge is -2.42. The molecule has 0 bridgehead atoms. The molecular formula is C13H22O. The van der Waals surface area contributed by atoms with E-state index in [4.69, 9.17) is 0 Å². The molecule has 1 nitrogen and oxygen atoms in total. The van der Waals surface area contributed by atoms with Crippen molar-refractivity contribution in [2.75, 3.05) is 6.61 Å². The molecule has 1 unspecified atom stereocenters. The van der Waals surface area contributed by atoms with Crippen LogP contribution in [0.15, 0.2) is 11.6 Å². The minimum atomic E-state index is 0.377. The number of allylic oxidation sites excluding steroid dienone is 2. The molecule has 0 aromatic carbocycles. The Morgan fingerprint density at radius 1 is 1.43 bits per heavy atom. The number of aliphatic hydroxyl groups is 1. The van der Waals surface area contributed by atoms with Gasteiger partial charge in [-0.15, -0.1) is 0 Å². The first-order chi connectivity index (χ1) is 6.69. The Bertz CT molecular complexity index is 234. The van der Waals surface area contributed by atoms with E-state index in [1.807, 2.05) is 0 Å². The van der Waals surface area contributed by atoms with Gasteiger partial charge >= 0.3 is 0 Å². The van der Waals surface area contributed by atoms with Crippen molar-refractivity contribution in [2.24, 2.45) is 17.3 Å². The maximum atomic E-state index is 9.43. The van der Waals surface area contributed by atoms with E-state index in [-0.39, 0.29) is 0 Å². The Morgan fingerprint density at radius 2 is 2.07 bits per heavy atom. The van der Waals surface area contributed by atoms with Crippen LogP contribution in [0.4, 0.5) is 0 Å². The summed E-state index contributed by atoms with van der Waals surface area (Å²) in [5, 5.41) is 9.43. The van der Waals surface area contributed by atoms with E-state index >= 15 is 0 Å². The molecule has 0 heterocycles. The molecule has 0 aliphatic heterocycles. The van der Waals surface area contributed by atoms with Crippen molar-refractivity contribution < 1.29 is 5.11 Å². The van der Waals surface area contributed by atoms with Gasteiger partial charge in [-0.25, -0.2) is 0 Å². The third-order valence-electron chi connectivity index (χ3n) is 4.66. The van der Waals surface area contributed by atoms with Crippen molar-refractivity contribution in [1.82, 2.24) is 0 Å². The third kappa shape index (κ3) is 1.42. The zero-order valence-electron chi connectivity index (χ0n) is 9.42. The molecular weight excluding hydrogens is 172 g/mol. The fourth-order valence-electron chi connectivity index (χ4n) is 3.40. The highest BCUT2D eigenvalue weighted by molar-refractivity contribution is 5.22. The maximum absolute atomic E-state index is 9.43. The predicted octanol–water partition coefficient (Wildman–Crippen LogP) is 3.14. The average Bonchev–Trinajstić information content (AvgIpc) is 2.49. The van der Waals surface area contributed by atoms with Crippen molar-refractivity contribution >= 4 is 0 Å².